The van der Waals surface area contributed by atoms with Gasteiger partial charge in [-0.2, -0.15) is 0 Å². The Balaban J connectivity index is 1.48. The van der Waals surface area contributed by atoms with Gasteiger partial charge >= 0.3 is 0 Å². The molecule has 1 aliphatic heterocycles. The van der Waals surface area contributed by atoms with Crippen molar-refractivity contribution in [2.45, 2.75) is 12.5 Å². The van der Waals surface area contributed by atoms with Crippen LogP contribution in [0.15, 0.2) is 29.8 Å². The zero-order valence-corrected chi connectivity index (χ0v) is 12.9. The Morgan fingerprint density at radius 3 is 3.18 bits per heavy atom. The summed E-state index contributed by atoms with van der Waals surface area (Å²) in [6.07, 6.45) is 2.48. The van der Waals surface area contributed by atoms with Crippen LogP contribution in [0.4, 0.5) is 0 Å². The maximum absolute atomic E-state index is 11.9. The van der Waals surface area contributed by atoms with Crippen molar-refractivity contribution in [1.29, 1.82) is 0 Å². The number of ether oxygens (including phenoxy) is 1. The molecule has 1 aliphatic rings. The van der Waals surface area contributed by atoms with Gasteiger partial charge in [-0.15, -0.1) is 11.3 Å². The number of nitrogens with zero attached hydrogens (tertiary/aromatic N) is 2. The fourth-order valence-corrected chi connectivity index (χ4v) is 3.00. The number of hydrogen-bond acceptors (Lipinski definition) is 6. The molecule has 1 amide bonds. The summed E-state index contributed by atoms with van der Waals surface area (Å²) in [7, 11) is 0. The van der Waals surface area contributed by atoms with E-state index in [0.717, 1.165) is 29.4 Å². The van der Waals surface area contributed by atoms with E-state index in [0.29, 0.717) is 19.8 Å². The quantitative estimate of drug-likeness (QED) is 0.855. The molecule has 1 saturated heterocycles. The second kappa shape index (κ2) is 7.44. The molecule has 0 saturated carbocycles. The lowest BCUT2D eigenvalue weighted by Gasteiger charge is -2.22. The lowest BCUT2D eigenvalue weighted by molar-refractivity contribution is -0.125. The van der Waals surface area contributed by atoms with Crippen LogP contribution < -0.4 is 10.6 Å². The van der Waals surface area contributed by atoms with Crippen molar-refractivity contribution < 1.29 is 9.53 Å². The van der Waals surface area contributed by atoms with Crippen LogP contribution in [0.1, 0.15) is 5.01 Å². The average Bonchev–Trinajstić information content (AvgIpc) is 3.05. The standard InChI is InChI=1S/C15H18N4O2S/c20-15(12-9-21-8-7-17-12)18-6-4-14-19-13(10-22-14)11-3-1-2-5-16-11/h1-3,5,10,12,17H,4,6-9H2,(H,18,20). The fourth-order valence-electron chi connectivity index (χ4n) is 2.21. The first kappa shape index (κ1) is 15.1. The molecule has 1 unspecified atom stereocenters. The van der Waals surface area contributed by atoms with E-state index < -0.39 is 0 Å². The highest BCUT2D eigenvalue weighted by Crippen LogP contribution is 2.19. The van der Waals surface area contributed by atoms with Gasteiger partial charge in [0.1, 0.15) is 6.04 Å². The summed E-state index contributed by atoms with van der Waals surface area (Å²) in [6.45, 7) is 2.40. The topological polar surface area (TPSA) is 76.1 Å². The van der Waals surface area contributed by atoms with Crippen molar-refractivity contribution in [1.82, 2.24) is 20.6 Å². The maximum Gasteiger partial charge on any atom is 0.239 e. The van der Waals surface area contributed by atoms with E-state index in [2.05, 4.69) is 20.6 Å². The van der Waals surface area contributed by atoms with Crippen LogP contribution in [-0.4, -0.2) is 48.2 Å². The summed E-state index contributed by atoms with van der Waals surface area (Å²) in [5, 5.41) is 9.04. The van der Waals surface area contributed by atoms with Crippen molar-refractivity contribution in [3.05, 3.63) is 34.8 Å². The van der Waals surface area contributed by atoms with Gasteiger partial charge in [0.15, 0.2) is 0 Å². The molecule has 1 fully saturated rings. The number of pyridine rings is 1. The highest BCUT2D eigenvalue weighted by atomic mass is 32.1. The molecule has 7 heteroatoms. The average molecular weight is 318 g/mol. The van der Waals surface area contributed by atoms with Crippen molar-refractivity contribution in [2.24, 2.45) is 0 Å². The van der Waals surface area contributed by atoms with Gasteiger partial charge < -0.3 is 15.4 Å². The van der Waals surface area contributed by atoms with Crippen molar-refractivity contribution in [2.75, 3.05) is 26.3 Å². The Labute approximate surface area is 132 Å². The third kappa shape index (κ3) is 3.88. The third-order valence-electron chi connectivity index (χ3n) is 3.36. The number of morpholine rings is 1. The molecule has 1 atom stereocenters. The van der Waals surface area contributed by atoms with Crippen LogP contribution in [0.2, 0.25) is 0 Å². The molecular formula is C15H18N4O2S. The highest BCUT2D eigenvalue weighted by molar-refractivity contribution is 7.09. The largest absolute Gasteiger partial charge is 0.378 e. The Morgan fingerprint density at radius 2 is 2.41 bits per heavy atom. The highest BCUT2D eigenvalue weighted by Gasteiger charge is 2.20. The van der Waals surface area contributed by atoms with Crippen LogP contribution in [0.25, 0.3) is 11.4 Å². The molecule has 2 N–H and O–H groups in total. The van der Waals surface area contributed by atoms with Gasteiger partial charge in [0, 0.05) is 31.1 Å². The molecule has 0 bridgehead atoms. The van der Waals surface area contributed by atoms with Crippen LogP contribution >= 0.6 is 11.3 Å². The minimum absolute atomic E-state index is 0.0128. The van der Waals surface area contributed by atoms with E-state index in [1.54, 1.807) is 17.5 Å². The molecule has 3 rings (SSSR count). The zero-order valence-electron chi connectivity index (χ0n) is 12.1. The summed E-state index contributed by atoms with van der Waals surface area (Å²) < 4.78 is 5.28. The number of nitrogens with one attached hydrogen (secondary N) is 2. The fraction of sp³-hybridized carbons (Fsp3) is 0.400. The van der Waals surface area contributed by atoms with E-state index in [4.69, 9.17) is 4.74 Å². The van der Waals surface area contributed by atoms with Crippen molar-refractivity contribution >= 4 is 17.2 Å². The summed E-state index contributed by atoms with van der Waals surface area (Å²) in [4.78, 5) is 20.8. The van der Waals surface area contributed by atoms with Crippen molar-refractivity contribution in [3.63, 3.8) is 0 Å². The minimum Gasteiger partial charge on any atom is -0.378 e. The van der Waals surface area contributed by atoms with E-state index in [1.165, 1.54) is 0 Å². The molecule has 3 heterocycles. The van der Waals surface area contributed by atoms with Crippen LogP contribution in [0.5, 0.6) is 0 Å². The predicted molar refractivity (Wildman–Crippen MR) is 84.7 cm³/mol. The number of hydrogen-bond donors (Lipinski definition) is 2. The van der Waals surface area contributed by atoms with Gasteiger partial charge in [-0.25, -0.2) is 4.98 Å². The molecule has 0 radical (unpaired) electrons. The number of amides is 1. The second-order valence-electron chi connectivity index (χ2n) is 4.96. The Morgan fingerprint density at radius 1 is 1.45 bits per heavy atom. The number of thiazole rings is 1. The van der Waals surface area contributed by atoms with Gasteiger partial charge in [-0.1, -0.05) is 6.07 Å². The van der Waals surface area contributed by atoms with Gasteiger partial charge in [-0.3, -0.25) is 9.78 Å². The molecule has 6 nitrogen and oxygen atoms in total. The zero-order chi connectivity index (χ0) is 15.2. The third-order valence-corrected chi connectivity index (χ3v) is 4.26. The monoisotopic (exact) mass is 318 g/mol. The summed E-state index contributed by atoms with van der Waals surface area (Å²) in [5.74, 6) is -0.0128. The molecule has 22 heavy (non-hydrogen) atoms. The van der Waals surface area contributed by atoms with Gasteiger partial charge in [0.25, 0.3) is 0 Å². The van der Waals surface area contributed by atoms with Gasteiger partial charge in [0.05, 0.1) is 29.6 Å². The maximum atomic E-state index is 11.9. The predicted octanol–water partition coefficient (Wildman–Crippen LogP) is 0.852. The van der Waals surface area contributed by atoms with Crippen molar-refractivity contribution in [3.8, 4) is 11.4 Å². The molecular weight excluding hydrogens is 300 g/mol. The first-order valence-corrected chi connectivity index (χ1v) is 8.15. The number of carbonyl (C=O) groups is 1. The summed E-state index contributed by atoms with van der Waals surface area (Å²) in [6, 6.07) is 5.53. The molecule has 2 aromatic heterocycles. The first-order valence-electron chi connectivity index (χ1n) is 7.27. The van der Waals surface area contributed by atoms with E-state index in [-0.39, 0.29) is 11.9 Å². The first-order chi connectivity index (χ1) is 10.8. The second-order valence-corrected chi connectivity index (χ2v) is 5.91. The number of aromatic nitrogens is 2. The Hall–Kier alpha value is -1.83. The minimum atomic E-state index is -0.242. The summed E-state index contributed by atoms with van der Waals surface area (Å²) in [5.41, 5.74) is 1.76. The SMILES string of the molecule is O=C(NCCc1nc(-c2ccccn2)cs1)C1COCCN1. The van der Waals surface area contributed by atoms with E-state index >= 15 is 0 Å². The molecule has 2 aromatic rings. The molecule has 116 valence electrons. The molecule has 0 aliphatic carbocycles. The number of rotatable bonds is 5. The summed E-state index contributed by atoms with van der Waals surface area (Å²) >= 11 is 1.59. The van der Waals surface area contributed by atoms with Gasteiger partial charge in [-0.05, 0) is 12.1 Å². The van der Waals surface area contributed by atoms with Crippen LogP contribution in [0, 0.1) is 0 Å². The number of carbonyl (C=O) groups excluding carboxylic acids is 1. The van der Waals surface area contributed by atoms with E-state index in [9.17, 15) is 4.79 Å². The van der Waals surface area contributed by atoms with E-state index in [1.807, 2.05) is 23.6 Å². The normalized spacial score (nSPS) is 18.1. The van der Waals surface area contributed by atoms with Crippen LogP contribution in [0.3, 0.4) is 0 Å². The lowest BCUT2D eigenvalue weighted by atomic mass is 10.2. The van der Waals surface area contributed by atoms with Crippen LogP contribution in [-0.2, 0) is 16.0 Å². The van der Waals surface area contributed by atoms with Gasteiger partial charge in [0.2, 0.25) is 5.91 Å². The smallest absolute Gasteiger partial charge is 0.239 e. The lowest BCUT2D eigenvalue weighted by Crippen LogP contribution is -2.51. The Kier molecular flexibility index (Phi) is 5.10. The Bertz CT molecular complexity index is 611. The molecule has 0 aromatic carbocycles. The molecule has 0 spiro atoms.